The van der Waals surface area contributed by atoms with Gasteiger partial charge >= 0.3 is 5.69 Å². The van der Waals surface area contributed by atoms with Gasteiger partial charge in [-0.05, 0) is 42.5 Å². The Bertz CT molecular complexity index is 1040. The van der Waals surface area contributed by atoms with E-state index < -0.39 is 15.5 Å². The van der Waals surface area contributed by atoms with Crippen LogP contribution in [-0.4, -0.2) is 27.7 Å². The molecule has 0 saturated heterocycles. The predicted octanol–water partition coefficient (Wildman–Crippen LogP) is 3.75. The number of nitrogens with one attached hydrogen (secondary N) is 1. The first-order valence-electron chi connectivity index (χ1n) is 8.03. The largest absolute Gasteiger partial charge is 0.497 e. The lowest BCUT2D eigenvalue weighted by atomic mass is 10.2. The number of ether oxygens (including phenoxy) is 1. The van der Waals surface area contributed by atoms with Gasteiger partial charge in [0, 0.05) is 18.0 Å². The Morgan fingerprint density at radius 1 is 1.07 bits per heavy atom. The summed E-state index contributed by atoms with van der Waals surface area (Å²) < 4.78 is 7.01. The number of benzene rings is 2. The average Bonchev–Trinajstić information content (AvgIpc) is 3.16. The van der Waals surface area contributed by atoms with Crippen LogP contribution in [-0.2, 0) is 0 Å². The first kappa shape index (κ1) is 18.6. The molecule has 0 aliphatic rings. The van der Waals surface area contributed by atoms with Crippen molar-refractivity contribution in [3.8, 4) is 11.4 Å². The Hall–Kier alpha value is -4.21. The van der Waals surface area contributed by atoms with E-state index in [9.17, 15) is 20.2 Å². The van der Waals surface area contributed by atoms with Crippen molar-refractivity contribution in [3.05, 3.63) is 86.7 Å². The Labute approximate surface area is 159 Å². The van der Waals surface area contributed by atoms with E-state index in [2.05, 4.69) is 10.5 Å². The van der Waals surface area contributed by atoms with Crippen LogP contribution < -0.4 is 10.2 Å². The molecule has 0 amide bonds. The van der Waals surface area contributed by atoms with E-state index in [4.69, 9.17) is 4.74 Å². The molecule has 3 rings (SSSR count). The van der Waals surface area contributed by atoms with Gasteiger partial charge in [-0.2, -0.15) is 5.10 Å². The van der Waals surface area contributed by atoms with Crippen LogP contribution in [0.3, 0.4) is 0 Å². The lowest BCUT2D eigenvalue weighted by Gasteiger charge is -2.07. The highest BCUT2D eigenvalue weighted by atomic mass is 16.6. The minimum absolute atomic E-state index is 0.0504. The molecule has 0 aliphatic heterocycles. The van der Waals surface area contributed by atoms with E-state index in [-0.39, 0.29) is 11.4 Å². The summed E-state index contributed by atoms with van der Waals surface area (Å²) in [6.45, 7) is 0. The lowest BCUT2D eigenvalue weighted by molar-refractivity contribution is -0.393. The number of anilines is 1. The third-order valence-corrected chi connectivity index (χ3v) is 3.90. The predicted molar refractivity (Wildman–Crippen MR) is 103 cm³/mol. The standard InChI is InChI=1S/C18H15N5O5/c1-28-16-7-4-13(5-8-16)21-10-2-3-15(21)12-19-20-17-9-6-14(22(24)25)11-18(17)23(26)27/h2-12,20H,1H3/b19-12-. The summed E-state index contributed by atoms with van der Waals surface area (Å²) in [5, 5.41) is 26.0. The summed E-state index contributed by atoms with van der Waals surface area (Å²) in [6.07, 6.45) is 3.34. The van der Waals surface area contributed by atoms with Crippen molar-refractivity contribution in [1.29, 1.82) is 0 Å². The molecule has 1 N–H and O–H groups in total. The highest BCUT2D eigenvalue weighted by molar-refractivity contribution is 5.80. The van der Waals surface area contributed by atoms with Crippen molar-refractivity contribution in [1.82, 2.24) is 4.57 Å². The van der Waals surface area contributed by atoms with Gasteiger partial charge in [0.1, 0.15) is 11.4 Å². The number of nitro groups is 2. The van der Waals surface area contributed by atoms with Gasteiger partial charge in [0.05, 0.1) is 34.9 Å². The molecule has 0 aliphatic carbocycles. The first-order valence-corrected chi connectivity index (χ1v) is 8.03. The van der Waals surface area contributed by atoms with Crippen LogP contribution in [0.1, 0.15) is 5.69 Å². The van der Waals surface area contributed by atoms with Crippen LogP contribution in [0.4, 0.5) is 17.1 Å². The number of non-ortho nitro benzene ring substituents is 1. The van der Waals surface area contributed by atoms with Crippen LogP contribution in [0.2, 0.25) is 0 Å². The maximum Gasteiger partial charge on any atom is 0.301 e. The Morgan fingerprint density at radius 3 is 2.46 bits per heavy atom. The first-order chi connectivity index (χ1) is 13.5. The number of hydrogen-bond acceptors (Lipinski definition) is 7. The zero-order valence-corrected chi connectivity index (χ0v) is 14.7. The highest BCUT2D eigenvalue weighted by Crippen LogP contribution is 2.28. The van der Waals surface area contributed by atoms with Crippen molar-refractivity contribution in [3.63, 3.8) is 0 Å². The summed E-state index contributed by atoms with van der Waals surface area (Å²) in [7, 11) is 1.59. The second kappa shape index (κ2) is 7.99. The van der Waals surface area contributed by atoms with Gasteiger partial charge in [0.25, 0.3) is 5.69 Å². The molecular formula is C18H15N5O5. The maximum absolute atomic E-state index is 11.2. The summed E-state index contributed by atoms with van der Waals surface area (Å²) in [5.74, 6) is 0.735. The smallest absolute Gasteiger partial charge is 0.301 e. The van der Waals surface area contributed by atoms with Crippen LogP contribution in [0.5, 0.6) is 5.75 Å². The molecule has 2 aromatic carbocycles. The number of nitrogens with zero attached hydrogens (tertiary/aromatic N) is 4. The molecule has 1 aromatic heterocycles. The Morgan fingerprint density at radius 2 is 1.82 bits per heavy atom. The van der Waals surface area contributed by atoms with Crippen LogP contribution in [0.25, 0.3) is 5.69 Å². The van der Waals surface area contributed by atoms with Gasteiger partial charge in [0.15, 0.2) is 0 Å². The molecule has 0 atom stereocenters. The minimum Gasteiger partial charge on any atom is -0.497 e. The fourth-order valence-electron chi connectivity index (χ4n) is 2.52. The molecule has 0 spiro atoms. The summed E-state index contributed by atoms with van der Waals surface area (Å²) in [4.78, 5) is 20.6. The fourth-order valence-corrected chi connectivity index (χ4v) is 2.52. The molecule has 0 fully saturated rings. The Kier molecular flexibility index (Phi) is 5.30. The average molecular weight is 381 g/mol. The molecule has 0 unspecified atom stereocenters. The van der Waals surface area contributed by atoms with Gasteiger partial charge in [-0.15, -0.1) is 0 Å². The number of hydrazone groups is 1. The molecule has 0 saturated carbocycles. The summed E-state index contributed by atoms with van der Waals surface area (Å²) in [5.41, 5.74) is 3.43. The summed E-state index contributed by atoms with van der Waals surface area (Å²) >= 11 is 0. The second-order valence-electron chi connectivity index (χ2n) is 5.59. The van der Waals surface area contributed by atoms with Crippen molar-refractivity contribution < 1.29 is 14.6 Å². The normalized spacial score (nSPS) is 10.8. The molecule has 28 heavy (non-hydrogen) atoms. The van der Waals surface area contributed by atoms with E-state index in [0.29, 0.717) is 0 Å². The highest BCUT2D eigenvalue weighted by Gasteiger charge is 2.19. The van der Waals surface area contributed by atoms with Crippen LogP contribution >= 0.6 is 0 Å². The number of aromatic nitrogens is 1. The van der Waals surface area contributed by atoms with Gasteiger partial charge in [-0.25, -0.2) is 0 Å². The number of nitro benzene ring substituents is 2. The number of hydrogen-bond donors (Lipinski definition) is 1. The SMILES string of the molecule is COc1ccc(-n2cccc2/C=N\Nc2ccc([N+](=O)[O-])cc2[N+](=O)[O-])cc1. The van der Waals surface area contributed by atoms with Gasteiger partial charge in [-0.1, -0.05) is 0 Å². The quantitative estimate of drug-likeness (QED) is 0.377. The van der Waals surface area contributed by atoms with Gasteiger partial charge in [0.2, 0.25) is 0 Å². The van der Waals surface area contributed by atoms with E-state index in [1.165, 1.54) is 18.3 Å². The second-order valence-corrected chi connectivity index (χ2v) is 5.59. The molecular weight excluding hydrogens is 366 g/mol. The van der Waals surface area contributed by atoms with Crippen molar-refractivity contribution in [2.45, 2.75) is 0 Å². The van der Waals surface area contributed by atoms with Gasteiger partial charge < -0.3 is 9.30 Å². The van der Waals surface area contributed by atoms with E-state index >= 15 is 0 Å². The van der Waals surface area contributed by atoms with Crippen molar-refractivity contribution in [2.24, 2.45) is 5.10 Å². The minimum atomic E-state index is -0.703. The molecule has 1 heterocycles. The van der Waals surface area contributed by atoms with E-state index in [1.807, 2.05) is 47.2 Å². The molecule has 10 heteroatoms. The topological polar surface area (TPSA) is 125 Å². The summed E-state index contributed by atoms with van der Waals surface area (Å²) in [6, 6.07) is 14.4. The van der Waals surface area contributed by atoms with Crippen LogP contribution in [0, 0.1) is 20.2 Å². The zero-order valence-electron chi connectivity index (χ0n) is 14.7. The lowest BCUT2D eigenvalue weighted by Crippen LogP contribution is -2.01. The third-order valence-electron chi connectivity index (χ3n) is 3.90. The Balaban J connectivity index is 1.82. The molecule has 10 nitrogen and oxygen atoms in total. The van der Waals surface area contributed by atoms with E-state index in [0.717, 1.165) is 23.2 Å². The number of methoxy groups -OCH3 is 1. The number of rotatable bonds is 7. The van der Waals surface area contributed by atoms with E-state index in [1.54, 1.807) is 7.11 Å². The molecule has 142 valence electrons. The molecule has 0 radical (unpaired) electrons. The molecule has 0 bridgehead atoms. The van der Waals surface area contributed by atoms with Crippen molar-refractivity contribution in [2.75, 3.05) is 12.5 Å². The zero-order chi connectivity index (χ0) is 20.1. The maximum atomic E-state index is 11.2. The van der Waals surface area contributed by atoms with Gasteiger partial charge in [-0.3, -0.25) is 25.7 Å². The van der Waals surface area contributed by atoms with Crippen LogP contribution in [0.15, 0.2) is 65.9 Å². The molecule has 3 aromatic rings. The third kappa shape index (κ3) is 3.96. The van der Waals surface area contributed by atoms with Crippen molar-refractivity contribution >= 4 is 23.3 Å². The fraction of sp³-hybridized carbons (Fsp3) is 0.0556. The monoisotopic (exact) mass is 381 g/mol.